The molecule has 0 aromatic heterocycles. The number of nitroso groups, excluding NO2 is 1. The van der Waals surface area contributed by atoms with Gasteiger partial charge in [-0.25, -0.2) is 0 Å². The summed E-state index contributed by atoms with van der Waals surface area (Å²) in [5.41, 5.74) is 1.17. The quantitative estimate of drug-likeness (QED) is 0.358. The van der Waals surface area contributed by atoms with Gasteiger partial charge in [0.15, 0.2) is 0 Å². The van der Waals surface area contributed by atoms with E-state index in [-0.39, 0.29) is 0 Å². The van der Waals surface area contributed by atoms with E-state index in [4.69, 9.17) is 4.91 Å². The lowest BCUT2D eigenvalue weighted by atomic mass is 10.4. The van der Waals surface area contributed by atoms with Gasteiger partial charge in [0.05, 0.1) is 11.8 Å². The number of rotatable bonds is 0. The molecule has 0 saturated carbocycles. The SMILES string of the molecule is C=C(C)C.O=NCl. The second-order valence-corrected chi connectivity index (χ2v) is 1.41. The Morgan fingerprint density at radius 2 is 1.71 bits per heavy atom. The van der Waals surface area contributed by atoms with Crippen LogP contribution in [0.5, 0.6) is 0 Å². The van der Waals surface area contributed by atoms with Gasteiger partial charge < -0.3 is 0 Å². The van der Waals surface area contributed by atoms with E-state index in [0.717, 1.165) is 0 Å². The van der Waals surface area contributed by atoms with Crippen molar-refractivity contribution in [3.05, 3.63) is 17.1 Å². The molecule has 0 fully saturated rings. The van der Waals surface area contributed by atoms with Crippen LogP contribution in [-0.4, -0.2) is 0 Å². The normalized spacial score (nSPS) is 5.57. The predicted octanol–water partition coefficient (Wildman–Crippen LogP) is 2.49. The fourth-order valence-electron chi connectivity index (χ4n) is 0. The molecule has 0 saturated heterocycles. The van der Waals surface area contributed by atoms with Crippen molar-refractivity contribution in [1.29, 1.82) is 0 Å². The van der Waals surface area contributed by atoms with Gasteiger partial charge in [0, 0.05) is 4.70 Å². The minimum Gasteiger partial charge on any atom is -0.131 e. The van der Waals surface area contributed by atoms with Gasteiger partial charge in [-0.3, -0.25) is 0 Å². The number of hydrogen-bond acceptors (Lipinski definition) is 2. The van der Waals surface area contributed by atoms with Crippen molar-refractivity contribution in [3.63, 3.8) is 0 Å². The van der Waals surface area contributed by atoms with Gasteiger partial charge in [0.1, 0.15) is 0 Å². The van der Waals surface area contributed by atoms with Crippen molar-refractivity contribution < 1.29 is 0 Å². The largest absolute Gasteiger partial charge is 0.131 e. The maximum Gasteiger partial charge on any atom is 0.0835 e. The molecule has 0 amide bonds. The summed E-state index contributed by atoms with van der Waals surface area (Å²) < 4.78 is 1.72. The molecule has 0 aliphatic carbocycles. The number of nitrogens with zero attached hydrogens (tertiary/aromatic N) is 1. The monoisotopic (exact) mass is 121 g/mol. The van der Waals surface area contributed by atoms with Crippen LogP contribution in [0, 0.1) is 4.91 Å². The molecule has 42 valence electrons. The lowest BCUT2D eigenvalue weighted by molar-refractivity contribution is 1.42. The Morgan fingerprint density at radius 3 is 1.71 bits per heavy atom. The summed E-state index contributed by atoms with van der Waals surface area (Å²) in [6.45, 7) is 7.50. The Bertz CT molecular complexity index is 58.7. The zero-order chi connectivity index (χ0) is 6.28. The number of hydrogen-bond donors (Lipinski definition) is 0. The molecule has 0 aliphatic rings. The average molecular weight is 122 g/mol. The molecular formula is C4H8ClNO. The lowest BCUT2D eigenvalue weighted by Crippen LogP contribution is -1.43. The average Bonchev–Trinajstić information content (AvgIpc) is 1.33. The van der Waals surface area contributed by atoms with Crippen LogP contribution in [0.4, 0.5) is 0 Å². The maximum absolute atomic E-state index is 8.32. The molecule has 0 heterocycles. The Kier molecular flexibility index (Phi) is 12.8. The van der Waals surface area contributed by atoms with Gasteiger partial charge in [0.25, 0.3) is 0 Å². The first-order chi connectivity index (χ1) is 3.15. The van der Waals surface area contributed by atoms with Crippen molar-refractivity contribution in [2.45, 2.75) is 13.8 Å². The molecule has 2 nitrogen and oxygen atoms in total. The summed E-state index contributed by atoms with van der Waals surface area (Å²) in [5, 5.41) is 0. The number of halogens is 1. The van der Waals surface area contributed by atoms with Gasteiger partial charge in [-0.2, -0.15) is 0 Å². The van der Waals surface area contributed by atoms with Crippen LogP contribution in [0.1, 0.15) is 13.8 Å². The minimum absolute atomic E-state index is 1.17. The highest BCUT2D eigenvalue weighted by atomic mass is 35.5. The first-order valence-electron chi connectivity index (χ1n) is 1.71. The third-order valence-corrected chi connectivity index (χ3v) is 0. The standard InChI is InChI=1S/C4H8.ClNO/c1-4(2)3;1-2-3/h1H2,2-3H3;. The summed E-state index contributed by atoms with van der Waals surface area (Å²) >= 11 is 4.07. The van der Waals surface area contributed by atoms with Gasteiger partial charge in [-0.05, 0) is 13.8 Å². The molecule has 0 atom stereocenters. The highest BCUT2D eigenvalue weighted by molar-refractivity contribution is 6.14. The summed E-state index contributed by atoms with van der Waals surface area (Å²) in [5.74, 6) is 0. The van der Waals surface area contributed by atoms with E-state index in [0.29, 0.717) is 0 Å². The molecule has 0 aliphatic heterocycles. The molecule has 0 unspecified atom stereocenters. The first-order valence-corrected chi connectivity index (χ1v) is 2.04. The zero-order valence-electron chi connectivity index (χ0n) is 4.44. The molecule has 0 N–H and O–H groups in total. The van der Waals surface area contributed by atoms with E-state index in [9.17, 15) is 0 Å². The van der Waals surface area contributed by atoms with Gasteiger partial charge in [-0.15, -0.1) is 11.5 Å². The summed E-state index contributed by atoms with van der Waals surface area (Å²) in [6, 6.07) is 0. The van der Waals surface area contributed by atoms with Gasteiger partial charge in [-0.1, -0.05) is 5.57 Å². The van der Waals surface area contributed by atoms with E-state index in [1.54, 1.807) is 4.70 Å². The Labute approximate surface area is 48.3 Å². The van der Waals surface area contributed by atoms with E-state index >= 15 is 0 Å². The van der Waals surface area contributed by atoms with E-state index in [2.05, 4.69) is 18.4 Å². The third-order valence-electron chi connectivity index (χ3n) is 0. The summed E-state index contributed by atoms with van der Waals surface area (Å²) in [7, 11) is 0. The topological polar surface area (TPSA) is 29.4 Å². The number of allylic oxidation sites excluding steroid dienone is 1. The van der Waals surface area contributed by atoms with Crippen LogP contribution >= 0.6 is 11.8 Å². The van der Waals surface area contributed by atoms with Crippen LogP contribution < -0.4 is 0 Å². The zero-order valence-corrected chi connectivity index (χ0v) is 5.20. The Balaban J connectivity index is 0. The molecule has 0 radical (unpaired) electrons. The summed E-state index contributed by atoms with van der Waals surface area (Å²) in [4.78, 5) is 8.32. The highest BCUT2D eigenvalue weighted by Gasteiger charge is 1.51. The second kappa shape index (κ2) is 9.16. The molecule has 0 aromatic carbocycles. The van der Waals surface area contributed by atoms with Crippen LogP contribution in [-0.2, 0) is 0 Å². The van der Waals surface area contributed by atoms with Crippen molar-refractivity contribution >= 4 is 11.8 Å². The predicted molar refractivity (Wildman–Crippen MR) is 32.1 cm³/mol. The van der Waals surface area contributed by atoms with E-state index in [1.807, 2.05) is 13.8 Å². The molecule has 0 spiro atoms. The van der Waals surface area contributed by atoms with Gasteiger partial charge >= 0.3 is 0 Å². The van der Waals surface area contributed by atoms with Crippen molar-refractivity contribution in [2.24, 2.45) is 4.70 Å². The lowest BCUT2D eigenvalue weighted by Gasteiger charge is -1.65. The minimum atomic E-state index is 1.17. The fraction of sp³-hybridized carbons (Fsp3) is 0.500. The Morgan fingerprint density at radius 1 is 1.71 bits per heavy atom. The van der Waals surface area contributed by atoms with Crippen molar-refractivity contribution in [2.75, 3.05) is 0 Å². The second-order valence-electron chi connectivity index (χ2n) is 1.28. The molecule has 0 aromatic rings. The van der Waals surface area contributed by atoms with Gasteiger partial charge in [0.2, 0.25) is 0 Å². The highest BCUT2D eigenvalue weighted by Crippen LogP contribution is 1.73. The molecular weight excluding hydrogens is 114 g/mol. The molecule has 7 heavy (non-hydrogen) atoms. The fourth-order valence-corrected chi connectivity index (χ4v) is 0. The third kappa shape index (κ3) is 542. The van der Waals surface area contributed by atoms with Crippen LogP contribution in [0.15, 0.2) is 16.8 Å². The molecule has 3 heteroatoms. The first kappa shape index (κ1) is 9.80. The van der Waals surface area contributed by atoms with E-state index < -0.39 is 0 Å². The van der Waals surface area contributed by atoms with Crippen LogP contribution in [0.25, 0.3) is 0 Å². The van der Waals surface area contributed by atoms with Crippen molar-refractivity contribution in [3.8, 4) is 0 Å². The van der Waals surface area contributed by atoms with Crippen LogP contribution in [0.3, 0.4) is 0 Å². The smallest absolute Gasteiger partial charge is 0.0835 e. The maximum atomic E-state index is 8.32. The molecule has 0 rings (SSSR count). The Hall–Kier alpha value is -0.370. The van der Waals surface area contributed by atoms with Crippen LogP contribution in [0.2, 0.25) is 0 Å². The molecule has 0 bridgehead atoms. The van der Waals surface area contributed by atoms with Crippen molar-refractivity contribution in [1.82, 2.24) is 0 Å². The summed E-state index contributed by atoms with van der Waals surface area (Å²) in [6.07, 6.45) is 0. The van der Waals surface area contributed by atoms with E-state index in [1.165, 1.54) is 5.57 Å².